The van der Waals surface area contributed by atoms with Crippen molar-refractivity contribution in [2.75, 3.05) is 0 Å². The van der Waals surface area contributed by atoms with Crippen LogP contribution in [0.15, 0.2) is 12.1 Å². The lowest BCUT2D eigenvalue weighted by molar-refractivity contribution is -0.149. The molecular weight excluding hydrogens is 289 g/mol. The van der Waals surface area contributed by atoms with Gasteiger partial charge in [-0.3, -0.25) is 0 Å². The number of phenolic OH excluding ortho intramolecular Hbond substituents is 1. The molecule has 3 N–H and O–H groups in total. The van der Waals surface area contributed by atoms with Crippen molar-refractivity contribution in [3.8, 4) is 5.75 Å². The molecule has 0 aliphatic rings. The zero-order chi connectivity index (χ0) is 11.8. The molecule has 0 amide bonds. The largest absolute Gasteiger partial charge is 0.507 e. The third-order valence-electron chi connectivity index (χ3n) is 1.74. The Hall–Kier alpha value is -0.360. The molecule has 16 heavy (non-hydrogen) atoms. The molecule has 0 saturated carbocycles. The summed E-state index contributed by atoms with van der Waals surface area (Å²) in [7, 11) is 0. The first-order valence-electron chi connectivity index (χ1n) is 3.73. The van der Waals surface area contributed by atoms with Gasteiger partial charge in [0.2, 0.25) is 0 Å². The number of aromatic hydroxyl groups is 1. The van der Waals surface area contributed by atoms with E-state index in [-0.39, 0.29) is 22.5 Å². The van der Waals surface area contributed by atoms with Crippen LogP contribution in [0, 0.1) is 0 Å². The second kappa shape index (κ2) is 5.31. The van der Waals surface area contributed by atoms with Gasteiger partial charge >= 0.3 is 6.18 Å². The summed E-state index contributed by atoms with van der Waals surface area (Å²) in [6.07, 6.45) is -4.67. The van der Waals surface area contributed by atoms with Crippen LogP contribution in [-0.4, -0.2) is 11.3 Å². The van der Waals surface area contributed by atoms with Crippen molar-refractivity contribution in [3.63, 3.8) is 0 Å². The first-order chi connectivity index (χ1) is 6.73. The number of halogens is 6. The molecule has 0 heterocycles. The van der Waals surface area contributed by atoms with Crippen LogP contribution >= 0.6 is 35.6 Å². The molecule has 1 atom stereocenters. The van der Waals surface area contributed by atoms with Crippen molar-refractivity contribution in [3.05, 3.63) is 27.7 Å². The molecule has 0 radical (unpaired) electrons. The standard InChI is InChI=1S/C8H6Cl2F3NO.ClH/c9-3-1-4(10)6(5(15)2-3)7(14)8(11,12)13;/h1-2,7,15H,14H2;1H/t7-;/m1./s1. The van der Waals surface area contributed by atoms with E-state index in [0.29, 0.717) is 0 Å². The second-order valence-electron chi connectivity index (χ2n) is 2.84. The summed E-state index contributed by atoms with van der Waals surface area (Å²) in [5.74, 6) is -0.669. The molecule has 1 aromatic carbocycles. The average molecular weight is 297 g/mol. The Kier molecular flexibility index (Phi) is 5.19. The molecule has 0 bridgehead atoms. The Morgan fingerprint density at radius 1 is 1.25 bits per heavy atom. The van der Waals surface area contributed by atoms with E-state index in [0.717, 1.165) is 12.1 Å². The zero-order valence-corrected chi connectivity index (χ0v) is 9.88. The number of phenols is 1. The number of rotatable bonds is 1. The number of nitrogens with two attached hydrogens (primary N) is 1. The van der Waals surface area contributed by atoms with Crippen LogP contribution in [0.3, 0.4) is 0 Å². The monoisotopic (exact) mass is 295 g/mol. The molecule has 8 heteroatoms. The minimum Gasteiger partial charge on any atom is -0.507 e. The van der Waals surface area contributed by atoms with Gasteiger partial charge in [-0.1, -0.05) is 23.2 Å². The molecule has 0 aliphatic heterocycles. The number of hydrogen-bond acceptors (Lipinski definition) is 2. The summed E-state index contributed by atoms with van der Waals surface area (Å²) in [6, 6.07) is -0.291. The first-order valence-corrected chi connectivity index (χ1v) is 4.49. The van der Waals surface area contributed by atoms with E-state index in [4.69, 9.17) is 28.9 Å². The summed E-state index contributed by atoms with van der Waals surface area (Å²) in [4.78, 5) is 0. The Labute approximate surface area is 106 Å². The fraction of sp³-hybridized carbons (Fsp3) is 0.250. The molecular formula is C8H7Cl3F3NO. The molecule has 0 spiro atoms. The lowest BCUT2D eigenvalue weighted by Crippen LogP contribution is -2.28. The van der Waals surface area contributed by atoms with Gasteiger partial charge in [0.15, 0.2) is 0 Å². The quantitative estimate of drug-likeness (QED) is 0.830. The Balaban J connectivity index is 0.00000225. The normalized spacial score (nSPS) is 13.1. The predicted octanol–water partition coefficient (Wildman–Crippen LogP) is 3.68. The van der Waals surface area contributed by atoms with Crippen molar-refractivity contribution < 1.29 is 18.3 Å². The molecule has 2 nitrogen and oxygen atoms in total. The maximum Gasteiger partial charge on any atom is 0.407 e. The highest BCUT2D eigenvalue weighted by Gasteiger charge is 2.40. The third-order valence-corrected chi connectivity index (χ3v) is 2.27. The van der Waals surface area contributed by atoms with Crippen LogP contribution in [0.2, 0.25) is 10.0 Å². The van der Waals surface area contributed by atoms with Crippen LogP contribution in [0.25, 0.3) is 0 Å². The summed E-state index contributed by atoms with van der Waals surface area (Å²) in [6.45, 7) is 0. The molecule has 1 rings (SSSR count). The van der Waals surface area contributed by atoms with Crippen molar-refractivity contribution in [2.45, 2.75) is 12.2 Å². The second-order valence-corrected chi connectivity index (χ2v) is 3.68. The highest BCUT2D eigenvalue weighted by atomic mass is 35.5. The SMILES string of the molecule is Cl.N[C@H](c1c(O)cc(Cl)cc1Cl)C(F)(F)F. The average Bonchev–Trinajstić information content (AvgIpc) is 1.99. The van der Waals surface area contributed by atoms with E-state index in [1.165, 1.54) is 0 Å². The Morgan fingerprint density at radius 3 is 2.12 bits per heavy atom. The summed E-state index contributed by atoms with van der Waals surface area (Å²) in [5.41, 5.74) is 4.34. The van der Waals surface area contributed by atoms with Gasteiger partial charge in [-0.05, 0) is 12.1 Å². The lowest BCUT2D eigenvalue weighted by atomic mass is 10.1. The highest BCUT2D eigenvalue weighted by molar-refractivity contribution is 6.35. The van der Waals surface area contributed by atoms with Crippen LogP contribution in [0.1, 0.15) is 11.6 Å². The summed E-state index contributed by atoms with van der Waals surface area (Å²) in [5, 5.41) is 8.98. The van der Waals surface area contributed by atoms with Gasteiger partial charge in [0.05, 0.1) is 5.02 Å². The van der Waals surface area contributed by atoms with Crippen LogP contribution in [-0.2, 0) is 0 Å². The molecule has 0 aromatic heterocycles. The first kappa shape index (κ1) is 15.6. The van der Waals surface area contributed by atoms with Gasteiger partial charge in [-0.15, -0.1) is 12.4 Å². The van der Waals surface area contributed by atoms with E-state index in [2.05, 4.69) is 0 Å². The highest BCUT2D eigenvalue weighted by Crippen LogP contribution is 2.40. The number of benzene rings is 1. The zero-order valence-electron chi connectivity index (χ0n) is 7.55. The summed E-state index contributed by atoms with van der Waals surface area (Å²) >= 11 is 11.0. The molecule has 92 valence electrons. The van der Waals surface area contributed by atoms with Gasteiger partial charge < -0.3 is 10.8 Å². The minimum atomic E-state index is -4.67. The van der Waals surface area contributed by atoms with Crippen molar-refractivity contribution >= 4 is 35.6 Å². The van der Waals surface area contributed by atoms with E-state index in [1.807, 2.05) is 0 Å². The van der Waals surface area contributed by atoms with Gasteiger partial charge in [-0.25, -0.2) is 0 Å². The van der Waals surface area contributed by atoms with Crippen LogP contribution < -0.4 is 5.73 Å². The number of hydrogen-bond donors (Lipinski definition) is 2. The van der Waals surface area contributed by atoms with Gasteiger partial charge in [-0.2, -0.15) is 13.2 Å². The Morgan fingerprint density at radius 2 is 1.75 bits per heavy atom. The maximum absolute atomic E-state index is 12.3. The van der Waals surface area contributed by atoms with E-state index >= 15 is 0 Å². The fourth-order valence-corrected chi connectivity index (χ4v) is 1.64. The van der Waals surface area contributed by atoms with E-state index < -0.39 is 23.5 Å². The molecule has 1 aromatic rings. The van der Waals surface area contributed by atoms with E-state index in [9.17, 15) is 18.3 Å². The minimum absolute atomic E-state index is 0. The lowest BCUT2D eigenvalue weighted by Gasteiger charge is -2.18. The van der Waals surface area contributed by atoms with Crippen LogP contribution in [0.5, 0.6) is 5.75 Å². The van der Waals surface area contributed by atoms with Crippen molar-refractivity contribution in [2.24, 2.45) is 5.73 Å². The van der Waals surface area contributed by atoms with Gasteiger partial charge in [0.25, 0.3) is 0 Å². The maximum atomic E-state index is 12.3. The van der Waals surface area contributed by atoms with Crippen LogP contribution in [0.4, 0.5) is 13.2 Å². The van der Waals surface area contributed by atoms with Crippen molar-refractivity contribution in [1.29, 1.82) is 0 Å². The van der Waals surface area contributed by atoms with Crippen molar-refractivity contribution in [1.82, 2.24) is 0 Å². The van der Waals surface area contributed by atoms with Gasteiger partial charge in [0, 0.05) is 10.6 Å². The van der Waals surface area contributed by atoms with Gasteiger partial charge in [0.1, 0.15) is 11.8 Å². The topological polar surface area (TPSA) is 46.2 Å². The fourth-order valence-electron chi connectivity index (χ4n) is 1.04. The summed E-state index contributed by atoms with van der Waals surface area (Å²) < 4.78 is 36.8. The molecule has 0 unspecified atom stereocenters. The van der Waals surface area contributed by atoms with E-state index in [1.54, 1.807) is 0 Å². The molecule has 0 aliphatic carbocycles. The third kappa shape index (κ3) is 3.31. The smallest absolute Gasteiger partial charge is 0.407 e. The Bertz CT molecular complexity index is 360. The number of alkyl halides is 3. The molecule has 0 fully saturated rings. The predicted molar refractivity (Wildman–Crippen MR) is 58.4 cm³/mol. The molecule has 0 saturated heterocycles.